The van der Waals surface area contributed by atoms with E-state index < -0.39 is 6.09 Å². The maximum atomic E-state index is 11.3. The number of hydrogen-bond donors (Lipinski definition) is 3. The topological polar surface area (TPSA) is 74.8 Å². The van der Waals surface area contributed by atoms with E-state index in [4.69, 9.17) is 0 Å². The fourth-order valence-electron chi connectivity index (χ4n) is 2.56. The molecule has 6 nitrogen and oxygen atoms in total. The molecule has 2 heterocycles. The SMILES string of the molecule is COC(=O)Nc1ccc2c(c1)/C(=C/C1CN=CN1)CCN2. The van der Waals surface area contributed by atoms with Crippen molar-refractivity contribution in [2.75, 3.05) is 30.8 Å². The summed E-state index contributed by atoms with van der Waals surface area (Å²) in [6.45, 7) is 1.68. The summed E-state index contributed by atoms with van der Waals surface area (Å²) < 4.78 is 4.63. The lowest BCUT2D eigenvalue weighted by Crippen LogP contribution is -2.23. The standard InChI is InChI=1S/C15H18N4O2/c1-21-15(20)19-11-2-3-14-13(7-11)10(4-5-17-14)6-12-8-16-9-18-12/h2-3,6-7,9,12,17H,4-5,8H2,1H3,(H,16,18)(H,19,20)/b10-6+. The number of hydrogen-bond acceptors (Lipinski definition) is 5. The molecule has 0 fully saturated rings. The summed E-state index contributed by atoms with van der Waals surface area (Å²) in [6, 6.07) is 6.07. The first-order valence-electron chi connectivity index (χ1n) is 6.94. The maximum Gasteiger partial charge on any atom is 0.411 e. The highest BCUT2D eigenvalue weighted by Gasteiger charge is 2.17. The van der Waals surface area contributed by atoms with Crippen LogP contribution in [0.4, 0.5) is 16.2 Å². The van der Waals surface area contributed by atoms with Gasteiger partial charge in [0.2, 0.25) is 0 Å². The Hall–Kier alpha value is -2.50. The lowest BCUT2D eigenvalue weighted by molar-refractivity contribution is 0.187. The number of anilines is 2. The molecular weight excluding hydrogens is 268 g/mol. The van der Waals surface area contributed by atoms with E-state index in [0.29, 0.717) is 0 Å². The molecule has 3 N–H and O–H groups in total. The minimum Gasteiger partial charge on any atom is -0.453 e. The number of methoxy groups -OCH3 is 1. The second kappa shape index (κ2) is 5.87. The van der Waals surface area contributed by atoms with E-state index >= 15 is 0 Å². The van der Waals surface area contributed by atoms with Crippen molar-refractivity contribution in [2.24, 2.45) is 4.99 Å². The normalized spacial score (nSPS) is 21.4. The molecule has 6 heteroatoms. The molecule has 1 aromatic rings. The van der Waals surface area contributed by atoms with Crippen LogP contribution in [0.3, 0.4) is 0 Å². The van der Waals surface area contributed by atoms with Crippen molar-refractivity contribution in [1.29, 1.82) is 0 Å². The average Bonchev–Trinajstić information content (AvgIpc) is 3.01. The number of benzene rings is 1. The second-order valence-corrected chi connectivity index (χ2v) is 5.01. The predicted octanol–water partition coefficient (Wildman–Crippen LogP) is 2.06. The summed E-state index contributed by atoms with van der Waals surface area (Å²) in [4.78, 5) is 15.5. The number of carbonyl (C=O) groups excluding carboxylic acids is 1. The highest BCUT2D eigenvalue weighted by atomic mass is 16.5. The van der Waals surface area contributed by atoms with Crippen molar-refractivity contribution in [1.82, 2.24) is 5.32 Å². The molecule has 0 bridgehead atoms. The van der Waals surface area contributed by atoms with Gasteiger partial charge in [0.05, 0.1) is 26.0 Å². The van der Waals surface area contributed by atoms with E-state index in [1.165, 1.54) is 12.7 Å². The van der Waals surface area contributed by atoms with Gasteiger partial charge in [0.1, 0.15) is 0 Å². The van der Waals surface area contributed by atoms with Crippen LogP contribution in [-0.4, -0.2) is 38.7 Å². The molecule has 0 radical (unpaired) electrons. The molecule has 1 unspecified atom stereocenters. The minimum absolute atomic E-state index is 0.253. The third kappa shape index (κ3) is 2.99. The summed E-state index contributed by atoms with van der Waals surface area (Å²) >= 11 is 0. The monoisotopic (exact) mass is 286 g/mol. The molecule has 0 spiro atoms. The van der Waals surface area contributed by atoms with Gasteiger partial charge in [-0.05, 0) is 30.2 Å². The third-order valence-electron chi connectivity index (χ3n) is 3.59. The Balaban J connectivity index is 1.87. The summed E-state index contributed by atoms with van der Waals surface area (Å²) in [6.07, 6.45) is 4.45. The molecule has 0 saturated carbocycles. The van der Waals surface area contributed by atoms with Gasteiger partial charge in [-0.2, -0.15) is 0 Å². The van der Waals surface area contributed by atoms with Crippen LogP contribution < -0.4 is 16.0 Å². The molecule has 0 aliphatic carbocycles. The van der Waals surface area contributed by atoms with Crippen molar-refractivity contribution in [3.63, 3.8) is 0 Å². The Morgan fingerprint density at radius 2 is 2.43 bits per heavy atom. The van der Waals surface area contributed by atoms with Crippen LogP contribution in [0, 0.1) is 0 Å². The van der Waals surface area contributed by atoms with Crippen LogP contribution in [0.1, 0.15) is 12.0 Å². The zero-order chi connectivity index (χ0) is 14.7. The van der Waals surface area contributed by atoms with E-state index in [-0.39, 0.29) is 6.04 Å². The van der Waals surface area contributed by atoms with E-state index in [9.17, 15) is 4.79 Å². The summed E-state index contributed by atoms with van der Waals surface area (Å²) in [7, 11) is 1.35. The molecule has 2 aliphatic rings. The molecule has 1 aromatic carbocycles. The molecular formula is C15H18N4O2. The number of rotatable bonds is 2. The zero-order valence-corrected chi connectivity index (χ0v) is 11.8. The first kappa shape index (κ1) is 13.5. The van der Waals surface area contributed by atoms with Crippen LogP contribution in [0.2, 0.25) is 0 Å². The molecule has 3 rings (SSSR count). The van der Waals surface area contributed by atoms with Crippen LogP contribution in [0.25, 0.3) is 5.57 Å². The second-order valence-electron chi connectivity index (χ2n) is 5.01. The summed E-state index contributed by atoms with van der Waals surface area (Å²) in [5, 5.41) is 9.29. The van der Waals surface area contributed by atoms with E-state index in [1.807, 2.05) is 18.2 Å². The van der Waals surface area contributed by atoms with Gasteiger partial charge in [0.25, 0.3) is 0 Å². The first-order valence-corrected chi connectivity index (χ1v) is 6.94. The Labute approximate surface area is 123 Å². The Bertz CT molecular complexity index is 602. The van der Waals surface area contributed by atoms with Crippen LogP contribution in [0.5, 0.6) is 0 Å². The van der Waals surface area contributed by atoms with Gasteiger partial charge in [-0.3, -0.25) is 10.3 Å². The minimum atomic E-state index is -0.463. The maximum absolute atomic E-state index is 11.3. The van der Waals surface area contributed by atoms with Crippen molar-refractivity contribution in [3.05, 3.63) is 29.8 Å². The molecule has 2 aliphatic heterocycles. The molecule has 1 amide bonds. The Kier molecular flexibility index (Phi) is 3.77. The Morgan fingerprint density at radius 1 is 1.52 bits per heavy atom. The quantitative estimate of drug-likeness (QED) is 0.778. The lowest BCUT2D eigenvalue weighted by atomic mass is 9.95. The van der Waals surface area contributed by atoms with Crippen molar-refractivity contribution < 1.29 is 9.53 Å². The van der Waals surface area contributed by atoms with Crippen LogP contribution in [-0.2, 0) is 4.74 Å². The van der Waals surface area contributed by atoms with Crippen molar-refractivity contribution in [3.8, 4) is 0 Å². The number of ether oxygens (including phenoxy) is 1. The largest absolute Gasteiger partial charge is 0.453 e. The number of aliphatic imine (C=N–C) groups is 1. The number of nitrogens with zero attached hydrogens (tertiary/aromatic N) is 1. The third-order valence-corrected chi connectivity index (χ3v) is 3.59. The van der Waals surface area contributed by atoms with Crippen molar-refractivity contribution in [2.45, 2.75) is 12.5 Å². The van der Waals surface area contributed by atoms with Gasteiger partial charge in [0.15, 0.2) is 0 Å². The van der Waals surface area contributed by atoms with Gasteiger partial charge < -0.3 is 15.4 Å². The van der Waals surface area contributed by atoms with Gasteiger partial charge in [-0.15, -0.1) is 0 Å². The van der Waals surface area contributed by atoms with Crippen LogP contribution >= 0.6 is 0 Å². The number of amides is 1. The number of fused-ring (bicyclic) bond motifs is 1. The van der Waals surface area contributed by atoms with Crippen LogP contribution in [0.15, 0.2) is 29.3 Å². The van der Waals surface area contributed by atoms with Gasteiger partial charge in [-0.25, -0.2) is 4.79 Å². The molecule has 110 valence electrons. The smallest absolute Gasteiger partial charge is 0.411 e. The summed E-state index contributed by atoms with van der Waals surface area (Å²) in [5.74, 6) is 0. The molecule has 0 saturated heterocycles. The van der Waals surface area contributed by atoms with E-state index in [0.717, 1.165) is 36.4 Å². The Morgan fingerprint density at radius 3 is 3.19 bits per heavy atom. The molecule has 0 aromatic heterocycles. The zero-order valence-electron chi connectivity index (χ0n) is 11.8. The number of nitrogens with one attached hydrogen (secondary N) is 3. The van der Waals surface area contributed by atoms with Gasteiger partial charge >= 0.3 is 6.09 Å². The summed E-state index contributed by atoms with van der Waals surface area (Å²) in [5.41, 5.74) is 4.19. The first-order chi connectivity index (χ1) is 10.3. The fraction of sp³-hybridized carbons (Fsp3) is 0.333. The van der Waals surface area contributed by atoms with E-state index in [2.05, 4.69) is 31.8 Å². The van der Waals surface area contributed by atoms with E-state index in [1.54, 1.807) is 6.34 Å². The molecule has 1 atom stereocenters. The average molecular weight is 286 g/mol. The number of carbonyl (C=O) groups is 1. The van der Waals surface area contributed by atoms with Gasteiger partial charge in [-0.1, -0.05) is 6.08 Å². The van der Waals surface area contributed by atoms with Gasteiger partial charge in [0, 0.05) is 23.5 Å². The highest BCUT2D eigenvalue weighted by molar-refractivity contribution is 5.88. The fourth-order valence-corrected chi connectivity index (χ4v) is 2.56. The lowest BCUT2D eigenvalue weighted by Gasteiger charge is -2.23. The molecule has 21 heavy (non-hydrogen) atoms. The van der Waals surface area contributed by atoms with Crippen molar-refractivity contribution >= 4 is 29.4 Å². The highest BCUT2D eigenvalue weighted by Crippen LogP contribution is 2.33. The predicted molar refractivity (Wildman–Crippen MR) is 83.8 cm³/mol.